The normalized spacial score (nSPS) is 17.6. The van der Waals surface area contributed by atoms with Gasteiger partial charge in [-0.2, -0.15) is 17.5 Å². The molecule has 1 fully saturated rings. The van der Waals surface area contributed by atoms with Gasteiger partial charge in [0.2, 0.25) is 10.0 Å². The van der Waals surface area contributed by atoms with Gasteiger partial charge in [-0.15, -0.1) is 12.4 Å². The summed E-state index contributed by atoms with van der Waals surface area (Å²) in [4.78, 5) is -0.499. The van der Waals surface area contributed by atoms with Gasteiger partial charge in [0.15, 0.2) is 0 Å². The minimum Gasteiger partial charge on any atom is -0.315 e. The van der Waals surface area contributed by atoms with Crippen LogP contribution < -0.4 is 5.32 Å². The van der Waals surface area contributed by atoms with Gasteiger partial charge in [0.05, 0.1) is 10.6 Å². The molecule has 0 amide bonds. The predicted molar refractivity (Wildman–Crippen MR) is 79.9 cm³/mol. The topological polar surface area (TPSA) is 49.4 Å². The lowest BCUT2D eigenvalue weighted by Gasteiger charge is -2.21. The van der Waals surface area contributed by atoms with Gasteiger partial charge in [0.25, 0.3) is 0 Å². The van der Waals surface area contributed by atoms with Gasteiger partial charge in [0, 0.05) is 19.6 Å². The molecule has 1 aromatic rings. The molecule has 10 heteroatoms. The molecule has 1 heterocycles. The smallest absolute Gasteiger partial charge is 0.315 e. The molecule has 0 aliphatic carbocycles. The first-order chi connectivity index (χ1) is 9.73. The van der Waals surface area contributed by atoms with Crippen LogP contribution in [0.15, 0.2) is 23.1 Å². The third kappa shape index (κ3) is 4.26. The molecule has 1 aromatic carbocycles. The molecule has 22 heavy (non-hydrogen) atoms. The van der Waals surface area contributed by atoms with E-state index in [1.165, 1.54) is 0 Å². The molecule has 0 bridgehead atoms. The molecule has 0 spiro atoms. The van der Waals surface area contributed by atoms with Crippen LogP contribution in [0.3, 0.4) is 0 Å². The predicted octanol–water partition coefficient (Wildman–Crippen LogP) is 2.76. The number of alkyl halides is 3. The average Bonchev–Trinajstić information content (AvgIpc) is 2.66. The molecule has 1 saturated heterocycles. The van der Waals surface area contributed by atoms with E-state index in [9.17, 15) is 21.6 Å². The molecule has 0 aromatic heterocycles. The fraction of sp³-hybridized carbons (Fsp3) is 0.500. The monoisotopic (exact) mass is 378 g/mol. The van der Waals surface area contributed by atoms with Crippen molar-refractivity contribution in [3.05, 3.63) is 28.8 Å². The maximum Gasteiger partial charge on any atom is 0.416 e. The molecule has 2 rings (SSSR count). The van der Waals surface area contributed by atoms with Gasteiger partial charge in [-0.25, -0.2) is 8.42 Å². The van der Waals surface area contributed by atoms with Crippen LogP contribution in [0, 0.1) is 0 Å². The van der Waals surface area contributed by atoms with Crippen LogP contribution in [0.1, 0.15) is 12.0 Å². The Bertz CT molecular complexity index is 615. The lowest BCUT2D eigenvalue weighted by Crippen LogP contribution is -2.34. The largest absolute Gasteiger partial charge is 0.416 e. The molecule has 0 radical (unpaired) electrons. The highest BCUT2D eigenvalue weighted by Crippen LogP contribution is 2.34. The van der Waals surface area contributed by atoms with Gasteiger partial charge >= 0.3 is 6.18 Å². The van der Waals surface area contributed by atoms with Gasteiger partial charge < -0.3 is 5.32 Å². The van der Waals surface area contributed by atoms with E-state index in [0.29, 0.717) is 25.6 Å². The summed E-state index contributed by atoms with van der Waals surface area (Å²) in [5.74, 6) is 0. The van der Waals surface area contributed by atoms with Crippen molar-refractivity contribution >= 4 is 34.0 Å². The summed E-state index contributed by atoms with van der Waals surface area (Å²) in [6.45, 7) is 1.58. The van der Waals surface area contributed by atoms with E-state index < -0.39 is 26.7 Å². The van der Waals surface area contributed by atoms with E-state index in [-0.39, 0.29) is 30.5 Å². The van der Waals surface area contributed by atoms with Crippen LogP contribution in [0.25, 0.3) is 0 Å². The molecule has 126 valence electrons. The van der Waals surface area contributed by atoms with Crippen molar-refractivity contribution in [1.29, 1.82) is 0 Å². The van der Waals surface area contributed by atoms with E-state index in [1.54, 1.807) is 0 Å². The molecule has 0 saturated carbocycles. The highest BCUT2D eigenvalue weighted by Gasteiger charge is 2.34. The Kier molecular flexibility index (Phi) is 6.52. The highest BCUT2D eigenvalue weighted by atomic mass is 35.5. The zero-order chi connectivity index (χ0) is 15.7. The van der Waals surface area contributed by atoms with Gasteiger partial charge in [-0.1, -0.05) is 11.6 Å². The van der Waals surface area contributed by atoms with Crippen LogP contribution in [-0.2, 0) is 16.2 Å². The molecule has 1 aliphatic heterocycles. The number of nitrogens with one attached hydrogen (secondary N) is 1. The minimum atomic E-state index is -4.62. The molecule has 1 aliphatic rings. The number of rotatable bonds is 2. The van der Waals surface area contributed by atoms with Crippen LogP contribution >= 0.6 is 24.0 Å². The highest BCUT2D eigenvalue weighted by molar-refractivity contribution is 7.89. The Balaban J connectivity index is 0.00000242. The summed E-state index contributed by atoms with van der Waals surface area (Å²) in [6.07, 6.45) is -4.02. The van der Waals surface area contributed by atoms with Crippen molar-refractivity contribution in [3.8, 4) is 0 Å². The number of nitrogens with zero attached hydrogens (tertiary/aromatic N) is 1. The molecular formula is C12H15Cl2F3N2O2S. The number of halogens is 5. The van der Waals surface area contributed by atoms with Crippen LogP contribution in [-0.4, -0.2) is 38.9 Å². The summed E-state index contributed by atoms with van der Waals surface area (Å²) in [7, 11) is -4.04. The van der Waals surface area contributed by atoms with Gasteiger partial charge in [-0.3, -0.25) is 0 Å². The Hall–Kier alpha value is -0.540. The van der Waals surface area contributed by atoms with Crippen molar-refractivity contribution in [2.75, 3.05) is 26.2 Å². The number of hydrogen-bond donors (Lipinski definition) is 1. The zero-order valence-corrected chi connectivity index (χ0v) is 13.7. The van der Waals surface area contributed by atoms with E-state index in [1.807, 2.05) is 0 Å². The SMILES string of the molecule is Cl.O=S(=O)(c1cc(C(F)(F)F)ccc1Cl)N1CCCNCC1. The number of sulfonamides is 1. The first-order valence-corrected chi connectivity index (χ1v) is 8.12. The Morgan fingerprint density at radius 3 is 2.50 bits per heavy atom. The average molecular weight is 379 g/mol. The maximum atomic E-state index is 12.7. The lowest BCUT2D eigenvalue weighted by atomic mass is 10.2. The van der Waals surface area contributed by atoms with Crippen molar-refractivity contribution in [3.63, 3.8) is 0 Å². The van der Waals surface area contributed by atoms with Crippen LogP contribution in [0.5, 0.6) is 0 Å². The summed E-state index contributed by atoms with van der Waals surface area (Å²) >= 11 is 5.80. The van der Waals surface area contributed by atoms with E-state index >= 15 is 0 Å². The van der Waals surface area contributed by atoms with Crippen molar-refractivity contribution in [2.45, 2.75) is 17.5 Å². The van der Waals surface area contributed by atoms with E-state index in [4.69, 9.17) is 11.6 Å². The molecule has 1 N–H and O–H groups in total. The Morgan fingerprint density at radius 1 is 1.18 bits per heavy atom. The molecular weight excluding hydrogens is 364 g/mol. The van der Waals surface area contributed by atoms with Crippen LogP contribution in [0.4, 0.5) is 13.2 Å². The lowest BCUT2D eigenvalue weighted by molar-refractivity contribution is -0.137. The maximum absolute atomic E-state index is 12.7. The zero-order valence-electron chi connectivity index (χ0n) is 11.4. The molecule has 0 atom stereocenters. The second kappa shape index (κ2) is 7.35. The van der Waals surface area contributed by atoms with Crippen molar-refractivity contribution < 1.29 is 21.6 Å². The molecule has 0 unspecified atom stereocenters. The standard InChI is InChI=1S/C12H14ClF3N2O2S.ClH/c13-10-3-2-9(12(14,15)16)8-11(10)21(19,20)18-6-1-4-17-5-7-18;/h2-3,8,17H,1,4-7H2;1H. The Labute approximate surface area is 138 Å². The minimum absolute atomic E-state index is 0. The summed E-state index contributed by atoms with van der Waals surface area (Å²) in [5.41, 5.74) is -1.03. The van der Waals surface area contributed by atoms with E-state index in [0.717, 1.165) is 16.4 Å². The second-order valence-electron chi connectivity index (χ2n) is 4.65. The summed E-state index contributed by atoms with van der Waals surface area (Å²) < 4.78 is 64.3. The van der Waals surface area contributed by atoms with Gasteiger partial charge in [0.1, 0.15) is 4.90 Å². The number of hydrogen-bond acceptors (Lipinski definition) is 3. The Morgan fingerprint density at radius 2 is 1.86 bits per heavy atom. The first-order valence-electron chi connectivity index (χ1n) is 6.30. The summed E-state index contributed by atoms with van der Waals surface area (Å²) in [5, 5.41) is 2.82. The van der Waals surface area contributed by atoms with Crippen molar-refractivity contribution in [2.24, 2.45) is 0 Å². The van der Waals surface area contributed by atoms with E-state index in [2.05, 4.69) is 5.32 Å². The second-order valence-corrected chi connectivity index (χ2v) is 6.96. The first kappa shape index (κ1) is 19.5. The number of benzene rings is 1. The third-order valence-electron chi connectivity index (χ3n) is 3.18. The fourth-order valence-corrected chi connectivity index (χ4v) is 4.06. The fourth-order valence-electron chi connectivity index (χ4n) is 2.08. The summed E-state index contributed by atoms with van der Waals surface area (Å²) in [6, 6.07) is 2.33. The third-order valence-corrected chi connectivity index (χ3v) is 5.56. The quantitative estimate of drug-likeness (QED) is 0.860. The molecule has 4 nitrogen and oxygen atoms in total. The van der Waals surface area contributed by atoms with Crippen molar-refractivity contribution in [1.82, 2.24) is 9.62 Å². The van der Waals surface area contributed by atoms with Gasteiger partial charge in [-0.05, 0) is 31.2 Å². The van der Waals surface area contributed by atoms with Crippen LogP contribution in [0.2, 0.25) is 5.02 Å².